The highest BCUT2D eigenvalue weighted by molar-refractivity contribution is 6.12. The smallest absolute Gasteiger partial charge is 0.417 e. The maximum absolute atomic E-state index is 14.1. The van der Waals surface area contributed by atoms with Crippen molar-refractivity contribution in [1.29, 1.82) is 0 Å². The van der Waals surface area contributed by atoms with E-state index in [-0.39, 0.29) is 6.54 Å². The summed E-state index contributed by atoms with van der Waals surface area (Å²) in [6, 6.07) is 11.8. The molecule has 11 nitrogen and oxygen atoms in total. The summed E-state index contributed by atoms with van der Waals surface area (Å²) in [6.07, 6.45) is 6.54. The van der Waals surface area contributed by atoms with Crippen molar-refractivity contribution in [3.8, 4) is 11.1 Å². The Morgan fingerprint density at radius 2 is 1.89 bits per heavy atom. The molecular weight excluding hydrogens is 584 g/mol. The Hall–Kier alpha value is -4.74. The van der Waals surface area contributed by atoms with E-state index in [1.807, 2.05) is 50.6 Å². The number of imide groups is 1. The maximum atomic E-state index is 14.1. The van der Waals surface area contributed by atoms with Crippen molar-refractivity contribution in [2.75, 3.05) is 32.6 Å². The van der Waals surface area contributed by atoms with Gasteiger partial charge in [-0.25, -0.2) is 19.2 Å². The standard InChI is InChI=1S/C35H38N6O5/c1-35(2,3)46-34(43)40-19-26-24(25-18-36-41-14-10-22-13-17-45-32(22)31(25)41)6-8-27(30(26)33(40)42)37-29-9-7-23(21-11-15-44-16-12-21)28(38-29)20-39(4)5/h6-10,13-14,17-18,21H,11-12,15-16,19-20H2,1-5H3,(H,37,38). The van der Waals surface area contributed by atoms with E-state index >= 15 is 0 Å². The summed E-state index contributed by atoms with van der Waals surface area (Å²) in [5, 5.41) is 8.94. The Morgan fingerprint density at radius 3 is 2.65 bits per heavy atom. The number of rotatable bonds is 6. The number of pyridine rings is 2. The summed E-state index contributed by atoms with van der Waals surface area (Å²) in [6.45, 7) is 7.59. The number of nitrogens with one attached hydrogen (secondary N) is 1. The van der Waals surface area contributed by atoms with Crippen LogP contribution in [0.5, 0.6) is 0 Å². The number of amides is 2. The lowest BCUT2D eigenvalue weighted by Gasteiger charge is -2.25. The molecule has 2 amide bonds. The van der Waals surface area contributed by atoms with E-state index in [9.17, 15) is 9.59 Å². The van der Waals surface area contributed by atoms with Crippen molar-refractivity contribution in [2.24, 2.45) is 0 Å². The minimum Gasteiger partial charge on any atom is -0.462 e. The molecule has 1 fully saturated rings. The molecule has 0 aliphatic carbocycles. The first-order valence-electron chi connectivity index (χ1n) is 15.6. The van der Waals surface area contributed by atoms with Gasteiger partial charge in [0.15, 0.2) is 5.58 Å². The molecule has 11 heteroatoms. The molecule has 2 aliphatic rings. The Morgan fingerprint density at radius 1 is 1.09 bits per heavy atom. The number of ether oxygens (including phenoxy) is 2. The number of benzene rings is 1. The second-order valence-corrected chi connectivity index (χ2v) is 13.2. The molecule has 1 aromatic carbocycles. The third-order valence-corrected chi connectivity index (χ3v) is 8.49. The summed E-state index contributed by atoms with van der Waals surface area (Å²) >= 11 is 0. The topological polar surface area (TPSA) is 114 Å². The van der Waals surface area contributed by atoms with Crippen LogP contribution in [0.3, 0.4) is 0 Å². The molecular formula is C35H38N6O5. The van der Waals surface area contributed by atoms with Crippen molar-refractivity contribution in [3.05, 3.63) is 77.4 Å². The van der Waals surface area contributed by atoms with Crippen LogP contribution in [0, 0.1) is 0 Å². The van der Waals surface area contributed by atoms with Gasteiger partial charge >= 0.3 is 6.09 Å². The number of anilines is 2. The summed E-state index contributed by atoms with van der Waals surface area (Å²) in [5.74, 6) is 0.587. The molecule has 5 aromatic rings. The van der Waals surface area contributed by atoms with Gasteiger partial charge in [0.2, 0.25) is 0 Å². The molecule has 0 atom stereocenters. The van der Waals surface area contributed by atoms with Gasteiger partial charge in [-0.3, -0.25) is 4.79 Å². The number of aromatic nitrogens is 3. The number of furan rings is 1. The highest BCUT2D eigenvalue weighted by Crippen LogP contribution is 2.41. The van der Waals surface area contributed by atoms with Crippen molar-refractivity contribution in [1.82, 2.24) is 24.4 Å². The van der Waals surface area contributed by atoms with Gasteiger partial charge in [0.05, 0.1) is 35.9 Å². The summed E-state index contributed by atoms with van der Waals surface area (Å²) in [5.41, 5.74) is 6.20. The molecule has 46 heavy (non-hydrogen) atoms. The van der Waals surface area contributed by atoms with Crippen LogP contribution >= 0.6 is 0 Å². The molecule has 1 N–H and O–H groups in total. The minimum atomic E-state index is -0.762. The molecule has 0 saturated carbocycles. The van der Waals surface area contributed by atoms with Crippen LogP contribution in [0.2, 0.25) is 0 Å². The fraction of sp³-hybridized carbons (Fsp3) is 0.371. The Bertz CT molecular complexity index is 1960. The zero-order valence-electron chi connectivity index (χ0n) is 26.8. The van der Waals surface area contributed by atoms with Gasteiger partial charge in [-0.15, -0.1) is 0 Å². The first-order chi connectivity index (χ1) is 22.1. The predicted molar refractivity (Wildman–Crippen MR) is 174 cm³/mol. The Kier molecular flexibility index (Phi) is 7.53. The molecule has 0 unspecified atom stereocenters. The SMILES string of the molecule is CN(C)Cc1nc(Nc2ccc(-c3cnn4ccc5ccoc5c34)c3c2C(=O)N(C(=O)OC(C)(C)C)C3)ccc1C1CCOCC1. The lowest BCUT2D eigenvalue weighted by Crippen LogP contribution is -2.37. The first kappa shape index (κ1) is 29.9. The average molecular weight is 623 g/mol. The van der Waals surface area contributed by atoms with Gasteiger partial charge in [0, 0.05) is 36.9 Å². The van der Waals surface area contributed by atoms with E-state index in [0.717, 1.165) is 58.7 Å². The molecule has 2 aliphatic heterocycles. The summed E-state index contributed by atoms with van der Waals surface area (Å²) in [4.78, 5) is 35.7. The maximum Gasteiger partial charge on any atom is 0.417 e. The van der Waals surface area contributed by atoms with Crippen LogP contribution in [0.15, 0.2) is 59.5 Å². The number of fused-ring (bicyclic) bond motifs is 4. The molecule has 7 rings (SSSR count). The summed E-state index contributed by atoms with van der Waals surface area (Å²) in [7, 11) is 4.06. The lowest BCUT2D eigenvalue weighted by molar-refractivity contribution is 0.0248. The van der Waals surface area contributed by atoms with E-state index < -0.39 is 17.6 Å². The highest BCUT2D eigenvalue weighted by atomic mass is 16.6. The molecule has 6 heterocycles. The van der Waals surface area contributed by atoms with Gasteiger partial charge in [-0.05, 0) is 94.6 Å². The molecule has 0 bridgehead atoms. The zero-order chi connectivity index (χ0) is 32.2. The van der Waals surface area contributed by atoms with Gasteiger partial charge in [0.1, 0.15) is 16.9 Å². The molecule has 238 valence electrons. The fourth-order valence-corrected chi connectivity index (χ4v) is 6.46. The molecule has 0 radical (unpaired) electrons. The number of hydrogen-bond acceptors (Lipinski definition) is 9. The van der Waals surface area contributed by atoms with Crippen LogP contribution in [0.1, 0.15) is 66.7 Å². The molecule has 0 spiro atoms. The minimum absolute atomic E-state index is 0.0569. The first-order valence-corrected chi connectivity index (χ1v) is 15.6. The number of nitrogens with zero attached hydrogens (tertiary/aromatic N) is 5. The van der Waals surface area contributed by atoms with Crippen LogP contribution in [-0.2, 0) is 22.6 Å². The van der Waals surface area contributed by atoms with E-state index in [1.54, 1.807) is 37.7 Å². The lowest BCUT2D eigenvalue weighted by atomic mass is 9.90. The van der Waals surface area contributed by atoms with Crippen LogP contribution < -0.4 is 5.32 Å². The van der Waals surface area contributed by atoms with Crippen molar-refractivity contribution in [2.45, 2.75) is 58.2 Å². The number of carbonyl (C=O) groups excluding carboxylic acids is 2. The van der Waals surface area contributed by atoms with E-state index in [1.165, 1.54) is 5.56 Å². The van der Waals surface area contributed by atoms with Crippen LogP contribution in [0.25, 0.3) is 27.6 Å². The van der Waals surface area contributed by atoms with Crippen LogP contribution in [0.4, 0.5) is 16.3 Å². The second kappa shape index (κ2) is 11.6. The van der Waals surface area contributed by atoms with Crippen molar-refractivity contribution in [3.63, 3.8) is 0 Å². The Labute approximate surface area is 267 Å². The number of carbonyl (C=O) groups is 2. The molecule has 4 aromatic heterocycles. The largest absolute Gasteiger partial charge is 0.462 e. The number of hydrogen-bond donors (Lipinski definition) is 1. The zero-order valence-corrected chi connectivity index (χ0v) is 26.8. The fourth-order valence-electron chi connectivity index (χ4n) is 6.46. The normalized spacial score (nSPS) is 15.7. The van der Waals surface area contributed by atoms with E-state index in [0.29, 0.717) is 40.7 Å². The highest BCUT2D eigenvalue weighted by Gasteiger charge is 2.39. The van der Waals surface area contributed by atoms with Gasteiger partial charge in [0.25, 0.3) is 5.91 Å². The van der Waals surface area contributed by atoms with Crippen LogP contribution in [-0.4, -0.2) is 69.3 Å². The molecule has 1 saturated heterocycles. The third-order valence-electron chi connectivity index (χ3n) is 8.49. The summed E-state index contributed by atoms with van der Waals surface area (Å²) < 4.78 is 18.9. The van der Waals surface area contributed by atoms with E-state index in [4.69, 9.17) is 18.9 Å². The van der Waals surface area contributed by atoms with Crippen molar-refractivity contribution >= 4 is 40.0 Å². The van der Waals surface area contributed by atoms with Crippen molar-refractivity contribution < 1.29 is 23.5 Å². The Balaban J connectivity index is 1.32. The third kappa shape index (κ3) is 5.50. The average Bonchev–Trinajstić information content (AvgIpc) is 3.74. The van der Waals surface area contributed by atoms with Gasteiger partial charge in [-0.2, -0.15) is 5.10 Å². The predicted octanol–water partition coefficient (Wildman–Crippen LogP) is 6.73. The van der Waals surface area contributed by atoms with Gasteiger partial charge in [-0.1, -0.05) is 12.1 Å². The second-order valence-electron chi connectivity index (χ2n) is 13.2. The monoisotopic (exact) mass is 622 g/mol. The van der Waals surface area contributed by atoms with Gasteiger partial charge < -0.3 is 24.1 Å². The van der Waals surface area contributed by atoms with E-state index in [2.05, 4.69) is 21.4 Å². The quantitative estimate of drug-likeness (QED) is 0.220.